The molecule has 1 atom stereocenters. The first-order valence-corrected chi connectivity index (χ1v) is 5.15. The van der Waals surface area contributed by atoms with Crippen molar-refractivity contribution in [1.82, 2.24) is 5.32 Å². The quantitative estimate of drug-likeness (QED) is 0.630. The molecule has 4 nitrogen and oxygen atoms in total. The van der Waals surface area contributed by atoms with Crippen molar-refractivity contribution >= 4 is 17.3 Å². The molecule has 4 N–H and O–H groups in total. The van der Waals surface area contributed by atoms with Gasteiger partial charge in [-0.15, -0.1) is 0 Å². The molecule has 15 heavy (non-hydrogen) atoms. The van der Waals surface area contributed by atoms with Crippen LogP contribution in [0.15, 0.2) is 24.3 Å². The van der Waals surface area contributed by atoms with Crippen LogP contribution in [0.4, 0.5) is 11.4 Å². The molecular formula is C11H15N3O. The van der Waals surface area contributed by atoms with Gasteiger partial charge in [-0.1, -0.05) is 0 Å². The number of amides is 1. The van der Waals surface area contributed by atoms with E-state index in [1.54, 1.807) is 12.1 Å². The second-order valence-electron chi connectivity index (χ2n) is 3.76. The first-order chi connectivity index (χ1) is 7.25. The van der Waals surface area contributed by atoms with E-state index in [4.69, 9.17) is 5.73 Å². The highest BCUT2D eigenvalue weighted by atomic mass is 16.2. The molecule has 80 valence electrons. The highest BCUT2D eigenvalue weighted by Crippen LogP contribution is 2.12. The van der Waals surface area contributed by atoms with Gasteiger partial charge in [-0.2, -0.15) is 0 Å². The van der Waals surface area contributed by atoms with E-state index in [2.05, 4.69) is 10.6 Å². The highest BCUT2D eigenvalue weighted by Gasteiger charge is 2.21. The molecule has 2 rings (SSSR count). The predicted molar refractivity (Wildman–Crippen MR) is 60.5 cm³/mol. The molecule has 1 aromatic carbocycles. The van der Waals surface area contributed by atoms with Gasteiger partial charge in [-0.05, 0) is 43.7 Å². The number of anilines is 2. The summed E-state index contributed by atoms with van der Waals surface area (Å²) in [6.07, 6.45) is 1.99. The van der Waals surface area contributed by atoms with Crippen LogP contribution < -0.4 is 16.4 Å². The Morgan fingerprint density at radius 1 is 1.40 bits per heavy atom. The molecule has 1 fully saturated rings. The minimum atomic E-state index is -0.0393. The molecule has 1 saturated heterocycles. The van der Waals surface area contributed by atoms with E-state index in [0.717, 1.165) is 25.1 Å². The summed E-state index contributed by atoms with van der Waals surface area (Å²) in [6, 6.07) is 7.13. The van der Waals surface area contributed by atoms with Gasteiger partial charge in [0.25, 0.3) is 0 Å². The van der Waals surface area contributed by atoms with Gasteiger partial charge in [-0.25, -0.2) is 0 Å². The first kappa shape index (κ1) is 9.98. The molecule has 0 bridgehead atoms. The van der Waals surface area contributed by atoms with Crippen LogP contribution in [-0.4, -0.2) is 18.5 Å². The van der Waals surface area contributed by atoms with Crippen molar-refractivity contribution in [3.05, 3.63) is 24.3 Å². The van der Waals surface area contributed by atoms with E-state index < -0.39 is 0 Å². The standard InChI is InChI=1S/C11H15N3O/c12-8-3-5-9(6-4-8)14-11(15)10-2-1-7-13-10/h3-6,10,13H,1-2,7,12H2,(H,14,15)/t10-/m0/s1. The fraction of sp³-hybridized carbons (Fsp3) is 0.364. The topological polar surface area (TPSA) is 67.1 Å². The van der Waals surface area contributed by atoms with E-state index in [9.17, 15) is 4.79 Å². The van der Waals surface area contributed by atoms with Crippen molar-refractivity contribution in [2.75, 3.05) is 17.6 Å². The molecule has 0 aliphatic carbocycles. The molecule has 1 heterocycles. The fourth-order valence-corrected chi connectivity index (χ4v) is 1.70. The van der Waals surface area contributed by atoms with Gasteiger partial charge in [0.1, 0.15) is 0 Å². The number of carbonyl (C=O) groups excluding carboxylic acids is 1. The average molecular weight is 205 g/mol. The minimum absolute atomic E-state index is 0.0391. The summed E-state index contributed by atoms with van der Waals surface area (Å²) in [6.45, 7) is 0.930. The van der Waals surface area contributed by atoms with Crippen molar-refractivity contribution < 1.29 is 4.79 Å². The van der Waals surface area contributed by atoms with E-state index in [1.165, 1.54) is 0 Å². The zero-order valence-corrected chi connectivity index (χ0v) is 8.49. The van der Waals surface area contributed by atoms with Crippen LogP contribution in [0.2, 0.25) is 0 Å². The number of nitrogen functional groups attached to an aromatic ring is 1. The Kier molecular flexibility index (Phi) is 2.87. The zero-order chi connectivity index (χ0) is 10.7. The van der Waals surface area contributed by atoms with Gasteiger partial charge in [0.2, 0.25) is 5.91 Å². The van der Waals surface area contributed by atoms with Gasteiger partial charge >= 0.3 is 0 Å². The van der Waals surface area contributed by atoms with Crippen molar-refractivity contribution in [1.29, 1.82) is 0 Å². The molecule has 0 spiro atoms. The molecular weight excluding hydrogens is 190 g/mol. The van der Waals surface area contributed by atoms with Crippen LogP contribution in [0.25, 0.3) is 0 Å². The highest BCUT2D eigenvalue weighted by molar-refractivity contribution is 5.95. The van der Waals surface area contributed by atoms with Crippen molar-refractivity contribution in [3.8, 4) is 0 Å². The van der Waals surface area contributed by atoms with Gasteiger partial charge in [-0.3, -0.25) is 4.79 Å². The molecule has 0 saturated carbocycles. The lowest BCUT2D eigenvalue weighted by atomic mass is 10.2. The Morgan fingerprint density at radius 3 is 2.73 bits per heavy atom. The molecule has 4 heteroatoms. The van der Waals surface area contributed by atoms with E-state index >= 15 is 0 Å². The Hall–Kier alpha value is -1.55. The lowest BCUT2D eigenvalue weighted by molar-refractivity contribution is -0.117. The first-order valence-electron chi connectivity index (χ1n) is 5.15. The van der Waals surface area contributed by atoms with E-state index in [0.29, 0.717) is 5.69 Å². The van der Waals surface area contributed by atoms with Crippen molar-refractivity contribution in [3.63, 3.8) is 0 Å². The molecule has 1 aliphatic rings. The normalized spacial score (nSPS) is 20.1. The molecule has 0 unspecified atom stereocenters. The third kappa shape index (κ3) is 2.47. The van der Waals surface area contributed by atoms with Crippen molar-refractivity contribution in [2.45, 2.75) is 18.9 Å². The maximum atomic E-state index is 11.7. The van der Waals surface area contributed by atoms with E-state index in [-0.39, 0.29) is 11.9 Å². The molecule has 1 aliphatic heterocycles. The molecule has 0 aromatic heterocycles. The third-order valence-corrected chi connectivity index (χ3v) is 2.56. The lowest BCUT2D eigenvalue weighted by Gasteiger charge is -2.10. The van der Waals surface area contributed by atoms with Gasteiger partial charge < -0.3 is 16.4 Å². The number of benzene rings is 1. The van der Waals surface area contributed by atoms with Crippen LogP contribution in [0.5, 0.6) is 0 Å². The summed E-state index contributed by atoms with van der Waals surface area (Å²) in [7, 11) is 0. The summed E-state index contributed by atoms with van der Waals surface area (Å²) < 4.78 is 0. The zero-order valence-electron chi connectivity index (χ0n) is 8.49. The van der Waals surface area contributed by atoms with Crippen LogP contribution in [0.1, 0.15) is 12.8 Å². The van der Waals surface area contributed by atoms with Gasteiger partial charge in [0.15, 0.2) is 0 Å². The third-order valence-electron chi connectivity index (χ3n) is 2.56. The maximum Gasteiger partial charge on any atom is 0.241 e. The Balaban J connectivity index is 1.96. The smallest absolute Gasteiger partial charge is 0.241 e. The van der Waals surface area contributed by atoms with Crippen LogP contribution >= 0.6 is 0 Å². The monoisotopic (exact) mass is 205 g/mol. The summed E-state index contributed by atoms with van der Waals surface area (Å²) >= 11 is 0. The Labute approximate surface area is 88.9 Å². The van der Waals surface area contributed by atoms with Gasteiger partial charge in [0.05, 0.1) is 6.04 Å². The number of rotatable bonds is 2. The van der Waals surface area contributed by atoms with E-state index in [1.807, 2.05) is 12.1 Å². The molecule has 1 aromatic rings. The Bertz CT molecular complexity index is 341. The summed E-state index contributed by atoms with van der Waals surface area (Å²) in [5.41, 5.74) is 7.05. The van der Waals surface area contributed by atoms with Gasteiger partial charge in [0, 0.05) is 11.4 Å². The lowest BCUT2D eigenvalue weighted by Crippen LogP contribution is -2.35. The second-order valence-corrected chi connectivity index (χ2v) is 3.76. The number of nitrogens with two attached hydrogens (primary N) is 1. The second kappa shape index (κ2) is 4.31. The number of carbonyl (C=O) groups is 1. The average Bonchev–Trinajstić information content (AvgIpc) is 2.74. The number of hydrogen-bond acceptors (Lipinski definition) is 3. The number of nitrogens with one attached hydrogen (secondary N) is 2. The molecule has 1 amide bonds. The summed E-state index contributed by atoms with van der Waals surface area (Å²) in [4.78, 5) is 11.7. The largest absolute Gasteiger partial charge is 0.399 e. The fourth-order valence-electron chi connectivity index (χ4n) is 1.70. The van der Waals surface area contributed by atoms with Crippen molar-refractivity contribution in [2.24, 2.45) is 0 Å². The maximum absolute atomic E-state index is 11.7. The van der Waals surface area contributed by atoms with Crippen LogP contribution in [-0.2, 0) is 4.79 Å². The predicted octanol–water partition coefficient (Wildman–Crippen LogP) is 0.959. The summed E-state index contributed by atoms with van der Waals surface area (Å²) in [5, 5.41) is 6.01. The molecule has 0 radical (unpaired) electrons. The Morgan fingerprint density at radius 2 is 2.13 bits per heavy atom. The van der Waals surface area contributed by atoms with Crippen LogP contribution in [0, 0.1) is 0 Å². The SMILES string of the molecule is Nc1ccc(NC(=O)[C@@H]2CCCN2)cc1. The van der Waals surface area contributed by atoms with Crippen LogP contribution in [0.3, 0.4) is 0 Å². The minimum Gasteiger partial charge on any atom is -0.399 e. The summed E-state index contributed by atoms with van der Waals surface area (Å²) in [5.74, 6) is 0.0391. The number of hydrogen-bond donors (Lipinski definition) is 3.